The van der Waals surface area contributed by atoms with Gasteiger partial charge in [-0.05, 0) is 31.5 Å². The summed E-state index contributed by atoms with van der Waals surface area (Å²) in [6.07, 6.45) is 1.62. The molecule has 0 fully saturated rings. The minimum atomic E-state index is -0.206. The van der Waals surface area contributed by atoms with Crippen LogP contribution in [0.15, 0.2) is 47.4 Å². The molecule has 1 aromatic carbocycles. The van der Waals surface area contributed by atoms with E-state index in [0.29, 0.717) is 5.56 Å². The van der Waals surface area contributed by atoms with Crippen molar-refractivity contribution in [3.63, 3.8) is 0 Å². The Labute approximate surface area is 111 Å². The Morgan fingerprint density at radius 3 is 2.53 bits per heavy atom. The van der Waals surface area contributed by atoms with Gasteiger partial charge in [-0.15, -0.1) is 0 Å². The van der Waals surface area contributed by atoms with Crippen LogP contribution in [0.4, 0.5) is 5.69 Å². The Morgan fingerprint density at radius 1 is 1.11 bits per heavy atom. The zero-order valence-corrected chi connectivity index (χ0v) is 11.0. The summed E-state index contributed by atoms with van der Waals surface area (Å²) >= 11 is 0. The van der Waals surface area contributed by atoms with Crippen molar-refractivity contribution in [2.75, 3.05) is 5.32 Å². The number of carbonyl (C=O) groups excluding carboxylic acids is 1. The first-order valence-corrected chi connectivity index (χ1v) is 6.09. The predicted octanol–water partition coefficient (Wildman–Crippen LogP) is 2.10. The maximum absolute atomic E-state index is 11.9. The van der Waals surface area contributed by atoms with Gasteiger partial charge in [-0.2, -0.15) is 0 Å². The van der Waals surface area contributed by atoms with Crippen LogP contribution in [-0.4, -0.2) is 10.5 Å². The third kappa shape index (κ3) is 3.10. The number of aryl methyl sites for hydroxylation is 2. The van der Waals surface area contributed by atoms with Crippen LogP contribution in [0.25, 0.3) is 0 Å². The Balaban J connectivity index is 2.12. The highest BCUT2D eigenvalue weighted by Crippen LogP contribution is 2.12. The minimum absolute atomic E-state index is 0.0227. The van der Waals surface area contributed by atoms with Crippen molar-refractivity contribution >= 4 is 11.6 Å². The van der Waals surface area contributed by atoms with Gasteiger partial charge in [0.15, 0.2) is 0 Å². The SMILES string of the molecule is Cc1ccccc1NC(=O)Cn1cccc(C)c1=O. The maximum atomic E-state index is 11.9. The number of hydrogen-bond acceptors (Lipinski definition) is 2. The van der Waals surface area contributed by atoms with Crippen molar-refractivity contribution in [3.05, 3.63) is 64.1 Å². The van der Waals surface area contributed by atoms with Gasteiger partial charge < -0.3 is 9.88 Å². The molecular formula is C15H16N2O2. The highest BCUT2D eigenvalue weighted by molar-refractivity contribution is 5.91. The summed E-state index contributed by atoms with van der Waals surface area (Å²) in [5.41, 5.74) is 2.26. The molecule has 0 saturated heterocycles. The fourth-order valence-electron chi connectivity index (χ4n) is 1.84. The number of nitrogens with zero attached hydrogens (tertiary/aromatic N) is 1. The summed E-state index contributed by atoms with van der Waals surface area (Å²) in [5.74, 6) is -0.206. The van der Waals surface area contributed by atoms with Gasteiger partial charge in [-0.25, -0.2) is 0 Å². The molecule has 1 N–H and O–H groups in total. The second-order valence-corrected chi connectivity index (χ2v) is 4.49. The number of pyridine rings is 1. The molecule has 4 nitrogen and oxygen atoms in total. The number of nitrogens with one attached hydrogen (secondary N) is 1. The van der Waals surface area contributed by atoms with Gasteiger partial charge in [-0.3, -0.25) is 9.59 Å². The van der Waals surface area contributed by atoms with Crippen LogP contribution in [-0.2, 0) is 11.3 Å². The average Bonchev–Trinajstić information content (AvgIpc) is 2.38. The normalized spacial score (nSPS) is 10.2. The molecule has 0 unspecified atom stereocenters. The van der Waals surface area contributed by atoms with E-state index in [0.717, 1.165) is 11.3 Å². The molecule has 0 aliphatic carbocycles. The fourth-order valence-corrected chi connectivity index (χ4v) is 1.84. The van der Waals surface area contributed by atoms with E-state index in [2.05, 4.69) is 5.32 Å². The van der Waals surface area contributed by atoms with Gasteiger partial charge >= 0.3 is 0 Å². The lowest BCUT2D eigenvalue weighted by Gasteiger charge is -2.09. The van der Waals surface area contributed by atoms with Crippen molar-refractivity contribution < 1.29 is 4.79 Å². The maximum Gasteiger partial charge on any atom is 0.253 e. The van der Waals surface area contributed by atoms with Gasteiger partial charge in [0.05, 0.1) is 0 Å². The first-order valence-electron chi connectivity index (χ1n) is 6.09. The Morgan fingerprint density at radius 2 is 1.79 bits per heavy atom. The monoisotopic (exact) mass is 256 g/mol. The molecule has 1 aromatic heterocycles. The van der Waals surface area contributed by atoms with Gasteiger partial charge in [0.2, 0.25) is 5.91 Å². The van der Waals surface area contributed by atoms with Crippen LogP contribution in [0.5, 0.6) is 0 Å². The van der Waals surface area contributed by atoms with Crippen molar-refractivity contribution in [2.24, 2.45) is 0 Å². The highest BCUT2D eigenvalue weighted by atomic mass is 16.2. The summed E-state index contributed by atoms with van der Waals surface area (Å²) in [5, 5.41) is 2.81. The Kier molecular flexibility index (Phi) is 3.80. The summed E-state index contributed by atoms with van der Waals surface area (Å²) in [4.78, 5) is 23.7. The first kappa shape index (κ1) is 13.1. The van der Waals surface area contributed by atoms with Crippen LogP contribution in [0, 0.1) is 13.8 Å². The lowest BCUT2D eigenvalue weighted by atomic mass is 10.2. The number of amides is 1. The molecule has 98 valence electrons. The molecular weight excluding hydrogens is 240 g/mol. The standard InChI is InChI=1S/C15H16N2O2/c1-11-6-3-4-8-13(11)16-14(18)10-17-9-5-7-12(2)15(17)19/h3-9H,10H2,1-2H3,(H,16,18). The zero-order chi connectivity index (χ0) is 13.8. The van der Waals surface area contributed by atoms with E-state index < -0.39 is 0 Å². The Hall–Kier alpha value is -2.36. The lowest BCUT2D eigenvalue weighted by Crippen LogP contribution is -2.28. The molecule has 0 aliphatic rings. The molecule has 0 atom stereocenters. The van der Waals surface area contributed by atoms with Crippen molar-refractivity contribution in [1.29, 1.82) is 0 Å². The molecule has 0 bridgehead atoms. The molecule has 0 aliphatic heterocycles. The van der Waals surface area contributed by atoms with Gasteiger partial charge in [-0.1, -0.05) is 24.3 Å². The third-order valence-corrected chi connectivity index (χ3v) is 2.94. The van der Waals surface area contributed by atoms with Crippen LogP contribution >= 0.6 is 0 Å². The number of benzene rings is 1. The molecule has 0 saturated carbocycles. The quantitative estimate of drug-likeness (QED) is 0.914. The third-order valence-electron chi connectivity index (χ3n) is 2.94. The molecule has 19 heavy (non-hydrogen) atoms. The molecule has 4 heteroatoms. The van der Waals surface area contributed by atoms with Crippen LogP contribution < -0.4 is 10.9 Å². The predicted molar refractivity (Wildman–Crippen MR) is 75.2 cm³/mol. The minimum Gasteiger partial charge on any atom is -0.324 e. The van der Waals surface area contributed by atoms with Crippen molar-refractivity contribution in [1.82, 2.24) is 4.57 Å². The van der Waals surface area contributed by atoms with Crippen molar-refractivity contribution in [3.8, 4) is 0 Å². The van der Waals surface area contributed by atoms with Gasteiger partial charge in [0.1, 0.15) is 6.54 Å². The largest absolute Gasteiger partial charge is 0.324 e. The van der Waals surface area contributed by atoms with Crippen molar-refractivity contribution in [2.45, 2.75) is 20.4 Å². The zero-order valence-electron chi connectivity index (χ0n) is 11.0. The van der Waals surface area contributed by atoms with E-state index >= 15 is 0 Å². The van der Waals surface area contributed by atoms with Crippen LogP contribution in [0.3, 0.4) is 0 Å². The number of para-hydroxylation sites is 1. The van der Waals surface area contributed by atoms with E-state index in [4.69, 9.17) is 0 Å². The number of hydrogen-bond donors (Lipinski definition) is 1. The fraction of sp³-hybridized carbons (Fsp3) is 0.200. The summed E-state index contributed by atoms with van der Waals surface area (Å²) in [7, 11) is 0. The van der Waals surface area contributed by atoms with E-state index in [9.17, 15) is 9.59 Å². The van der Waals surface area contributed by atoms with E-state index in [1.54, 1.807) is 25.3 Å². The second-order valence-electron chi connectivity index (χ2n) is 4.49. The van der Waals surface area contributed by atoms with E-state index in [-0.39, 0.29) is 18.0 Å². The van der Waals surface area contributed by atoms with Gasteiger partial charge in [0, 0.05) is 17.4 Å². The van der Waals surface area contributed by atoms with E-state index in [1.165, 1.54) is 4.57 Å². The number of carbonyl (C=O) groups is 1. The first-order chi connectivity index (χ1) is 9.08. The molecule has 2 aromatic rings. The summed E-state index contributed by atoms with van der Waals surface area (Å²) in [6.45, 7) is 3.68. The topological polar surface area (TPSA) is 51.1 Å². The number of rotatable bonds is 3. The summed E-state index contributed by atoms with van der Waals surface area (Å²) in [6, 6.07) is 11.0. The molecule has 0 radical (unpaired) electrons. The number of anilines is 1. The van der Waals surface area contributed by atoms with Gasteiger partial charge in [0.25, 0.3) is 5.56 Å². The number of aromatic nitrogens is 1. The lowest BCUT2D eigenvalue weighted by molar-refractivity contribution is -0.116. The van der Waals surface area contributed by atoms with E-state index in [1.807, 2.05) is 31.2 Å². The van der Waals surface area contributed by atoms with Crippen LogP contribution in [0.2, 0.25) is 0 Å². The molecule has 1 heterocycles. The second kappa shape index (κ2) is 5.52. The average molecular weight is 256 g/mol. The molecule has 0 spiro atoms. The smallest absolute Gasteiger partial charge is 0.253 e. The highest BCUT2D eigenvalue weighted by Gasteiger charge is 2.07. The summed E-state index contributed by atoms with van der Waals surface area (Å²) < 4.78 is 1.41. The molecule has 1 amide bonds. The Bertz CT molecular complexity index is 659. The molecule has 2 rings (SSSR count). The van der Waals surface area contributed by atoms with Crippen LogP contribution in [0.1, 0.15) is 11.1 Å².